The number of amides is 3. The number of anilines is 1. The van der Waals surface area contributed by atoms with Crippen molar-refractivity contribution in [2.75, 3.05) is 11.9 Å². The minimum absolute atomic E-state index is 0.0655. The fourth-order valence-corrected chi connectivity index (χ4v) is 2.46. The van der Waals surface area contributed by atoms with Crippen molar-refractivity contribution in [2.45, 2.75) is 19.4 Å². The normalized spacial score (nSPS) is 11.2. The molecule has 9 heteroatoms. The van der Waals surface area contributed by atoms with Crippen LogP contribution in [0.5, 0.6) is 0 Å². The molecule has 2 aromatic carbocycles. The molecular weight excluding hydrogens is 364 g/mol. The van der Waals surface area contributed by atoms with Gasteiger partial charge in [0.05, 0.1) is 11.5 Å². The van der Waals surface area contributed by atoms with Gasteiger partial charge in [-0.3, -0.25) is 29.8 Å². The Labute approximate surface area is 161 Å². The van der Waals surface area contributed by atoms with Gasteiger partial charge in [-0.1, -0.05) is 30.3 Å². The molecule has 0 aliphatic heterocycles. The maximum absolute atomic E-state index is 12.4. The van der Waals surface area contributed by atoms with Crippen LogP contribution in [-0.2, 0) is 20.8 Å². The predicted molar refractivity (Wildman–Crippen MR) is 102 cm³/mol. The van der Waals surface area contributed by atoms with E-state index in [-0.39, 0.29) is 24.6 Å². The molecule has 0 heterocycles. The summed E-state index contributed by atoms with van der Waals surface area (Å²) >= 11 is 0. The Morgan fingerprint density at radius 1 is 1.04 bits per heavy atom. The zero-order valence-corrected chi connectivity index (χ0v) is 15.2. The Morgan fingerprint density at radius 2 is 1.68 bits per heavy atom. The van der Waals surface area contributed by atoms with Crippen LogP contribution in [-0.4, -0.2) is 35.2 Å². The lowest BCUT2D eigenvalue weighted by atomic mass is 10.1. The third-order valence-corrected chi connectivity index (χ3v) is 3.77. The van der Waals surface area contributed by atoms with Gasteiger partial charge in [0.1, 0.15) is 6.04 Å². The number of hydrogen-bond acceptors (Lipinski definition) is 6. The second-order valence-corrected chi connectivity index (χ2v) is 6.01. The van der Waals surface area contributed by atoms with Gasteiger partial charge in [-0.15, -0.1) is 0 Å². The Balaban J connectivity index is 1.91. The molecular formula is C19H20N4O5. The number of rotatable bonds is 8. The van der Waals surface area contributed by atoms with E-state index in [4.69, 9.17) is 0 Å². The number of nitro benzene ring substituents is 1. The Bertz CT molecular complexity index is 852. The number of nitrogens with zero attached hydrogens (tertiary/aromatic N) is 1. The Hall–Kier alpha value is -3.75. The van der Waals surface area contributed by atoms with Gasteiger partial charge >= 0.3 is 0 Å². The smallest absolute Gasteiger partial charge is 0.269 e. The first-order chi connectivity index (χ1) is 13.3. The summed E-state index contributed by atoms with van der Waals surface area (Å²) < 4.78 is 0. The average Bonchev–Trinajstić information content (AvgIpc) is 2.66. The number of nitrogens with one attached hydrogen (secondary N) is 3. The van der Waals surface area contributed by atoms with E-state index in [0.717, 1.165) is 5.56 Å². The van der Waals surface area contributed by atoms with E-state index in [1.54, 1.807) is 0 Å². The molecule has 3 amide bonds. The maximum atomic E-state index is 12.4. The molecule has 0 fully saturated rings. The van der Waals surface area contributed by atoms with Crippen molar-refractivity contribution in [1.29, 1.82) is 0 Å². The monoisotopic (exact) mass is 384 g/mol. The van der Waals surface area contributed by atoms with Crippen LogP contribution in [0.25, 0.3) is 0 Å². The lowest BCUT2D eigenvalue weighted by molar-refractivity contribution is -0.384. The molecule has 0 unspecified atom stereocenters. The van der Waals surface area contributed by atoms with E-state index in [9.17, 15) is 24.5 Å². The summed E-state index contributed by atoms with van der Waals surface area (Å²) in [6.45, 7) is 1.09. The third-order valence-electron chi connectivity index (χ3n) is 3.77. The number of non-ortho nitro benzene ring substituents is 1. The van der Waals surface area contributed by atoms with Crippen LogP contribution in [0, 0.1) is 10.1 Å². The van der Waals surface area contributed by atoms with Crippen LogP contribution in [0.15, 0.2) is 54.6 Å². The van der Waals surface area contributed by atoms with Gasteiger partial charge in [0.2, 0.25) is 17.7 Å². The molecule has 146 valence electrons. The number of hydrogen-bond donors (Lipinski definition) is 3. The highest BCUT2D eigenvalue weighted by Gasteiger charge is 2.21. The van der Waals surface area contributed by atoms with E-state index in [1.807, 2.05) is 30.3 Å². The summed E-state index contributed by atoms with van der Waals surface area (Å²) in [6.07, 6.45) is 0.245. The molecule has 0 aromatic heterocycles. The van der Waals surface area contributed by atoms with E-state index in [0.29, 0.717) is 5.69 Å². The zero-order chi connectivity index (χ0) is 20.5. The average molecular weight is 384 g/mol. The first-order valence-electron chi connectivity index (χ1n) is 8.48. The van der Waals surface area contributed by atoms with Gasteiger partial charge in [-0.05, 0) is 17.7 Å². The summed E-state index contributed by atoms with van der Waals surface area (Å²) in [5.41, 5.74) is 1.27. The van der Waals surface area contributed by atoms with Gasteiger partial charge in [0, 0.05) is 31.2 Å². The second-order valence-electron chi connectivity index (χ2n) is 6.01. The maximum Gasteiger partial charge on any atom is 0.269 e. The molecule has 1 atom stereocenters. The molecule has 0 spiro atoms. The van der Waals surface area contributed by atoms with Crippen LogP contribution in [0.3, 0.4) is 0 Å². The van der Waals surface area contributed by atoms with Gasteiger partial charge in [0.15, 0.2) is 0 Å². The second kappa shape index (κ2) is 9.81. The van der Waals surface area contributed by atoms with E-state index < -0.39 is 22.8 Å². The molecule has 28 heavy (non-hydrogen) atoms. The molecule has 0 aliphatic rings. The van der Waals surface area contributed by atoms with Crippen molar-refractivity contribution in [3.8, 4) is 0 Å². The minimum atomic E-state index is -0.886. The Morgan fingerprint density at radius 3 is 2.25 bits per heavy atom. The first kappa shape index (κ1) is 20.6. The summed E-state index contributed by atoms with van der Waals surface area (Å²) in [4.78, 5) is 45.9. The van der Waals surface area contributed by atoms with Crippen LogP contribution >= 0.6 is 0 Å². The number of imide groups is 1. The van der Waals surface area contributed by atoms with E-state index >= 15 is 0 Å². The molecule has 0 radical (unpaired) electrons. The van der Waals surface area contributed by atoms with Crippen molar-refractivity contribution in [1.82, 2.24) is 10.6 Å². The fourth-order valence-electron chi connectivity index (χ4n) is 2.46. The van der Waals surface area contributed by atoms with Crippen LogP contribution < -0.4 is 16.0 Å². The van der Waals surface area contributed by atoms with Crippen molar-refractivity contribution in [3.05, 3.63) is 70.3 Å². The van der Waals surface area contributed by atoms with Crippen LogP contribution in [0.4, 0.5) is 11.4 Å². The summed E-state index contributed by atoms with van der Waals surface area (Å²) in [5, 5.41) is 18.2. The topological polar surface area (TPSA) is 130 Å². The van der Waals surface area contributed by atoms with E-state index in [1.165, 1.54) is 31.2 Å². The first-order valence-corrected chi connectivity index (χ1v) is 8.48. The molecule has 0 saturated carbocycles. The van der Waals surface area contributed by atoms with Crippen LogP contribution in [0.2, 0.25) is 0 Å². The molecule has 2 rings (SSSR count). The molecule has 2 aromatic rings. The summed E-state index contributed by atoms with van der Waals surface area (Å²) in [5.74, 6) is -1.59. The summed E-state index contributed by atoms with van der Waals surface area (Å²) in [6, 6.07) is 13.8. The lowest BCUT2D eigenvalue weighted by Crippen LogP contribution is -2.50. The molecule has 0 aliphatic carbocycles. The van der Waals surface area contributed by atoms with Gasteiger partial charge in [-0.2, -0.15) is 0 Å². The lowest BCUT2D eigenvalue weighted by Gasteiger charge is -2.17. The quantitative estimate of drug-likeness (QED) is 0.466. The SMILES string of the molecule is CC(=O)N[C@@H](Cc1ccccc1)C(=O)NC(=O)CNc1ccc([N+](=O)[O-])cc1. The van der Waals surface area contributed by atoms with Gasteiger partial charge < -0.3 is 10.6 Å². The number of benzene rings is 2. The standard InChI is InChI=1S/C19H20N4O5/c1-13(24)21-17(11-14-5-3-2-4-6-14)19(26)22-18(25)12-20-15-7-9-16(10-8-15)23(27)28/h2-10,17,20H,11-12H2,1H3,(H,21,24)(H,22,25,26)/t17-/m0/s1. The fraction of sp³-hybridized carbons (Fsp3) is 0.211. The minimum Gasteiger partial charge on any atom is -0.376 e. The van der Waals surface area contributed by atoms with E-state index in [2.05, 4.69) is 16.0 Å². The highest BCUT2D eigenvalue weighted by molar-refractivity contribution is 6.00. The highest BCUT2D eigenvalue weighted by atomic mass is 16.6. The molecule has 9 nitrogen and oxygen atoms in total. The molecule has 0 bridgehead atoms. The van der Waals surface area contributed by atoms with Crippen molar-refractivity contribution in [2.24, 2.45) is 0 Å². The van der Waals surface area contributed by atoms with Crippen molar-refractivity contribution in [3.63, 3.8) is 0 Å². The number of nitro groups is 1. The Kier molecular flexibility index (Phi) is 7.21. The largest absolute Gasteiger partial charge is 0.376 e. The van der Waals surface area contributed by atoms with Crippen molar-refractivity contribution >= 4 is 29.1 Å². The number of carbonyl (C=O) groups excluding carboxylic acids is 3. The predicted octanol–water partition coefficient (Wildman–Crippen LogP) is 1.40. The molecule has 0 saturated heterocycles. The van der Waals surface area contributed by atoms with Crippen molar-refractivity contribution < 1.29 is 19.3 Å². The van der Waals surface area contributed by atoms with Gasteiger partial charge in [-0.25, -0.2) is 0 Å². The summed E-state index contributed by atoms with van der Waals surface area (Å²) in [7, 11) is 0. The number of carbonyl (C=O) groups is 3. The zero-order valence-electron chi connectivity index (χ0n) is 15.2. The highest BCUT2D eigenvalue weighted by Crippen LogP contribution is 2.14. The van der Waals surface area contributed by atoms with Gasteiger partial charge in [0.25, 0.3) is 5.69 Å². The molecule has 3 N–H and O–H groups in total. The third kappa shape index (κ3) is 6.52. The van der Waals surface area contributed by atoms with Crippen LogP contribution in [0.1, 0.15) is 12.5 Å².